The molecule has 6 heterocycles. The molecule has 14 nitrogen and oxygen atoms in total. The molecule has 0 saturated heterocycles. The summed E-state index contributed by atoms with van der Waals surface area (Å²) in [4.78, 5) is 47.8. The summed E-state index contributed by atoms with van der Waals surface area (Å²) in [6, 6.07) is 1.96. The number of carbonyl (C=O) groups is 2. The summed E-state index contributed by atoms with van der Waals surface area (Å²) in [5.74, 6) is -1.23. The van der Waals surface area contributed by atoms with Crippen molar-refractivity contribution in [3.8, 4) is 17.3 Å². The topological polar surface area (TPSA) is 186 Å². The summed E-state index contributed by atoms with van der Waals surface area (Å²) in [5, 5.41) is 14.3. The fraction of sp³-hybridized carbons (Fsp3) is 0.200. The van der Waals surface area contributed by atoms with Crippen LogP contribution in [0, 0.1) is 6.92 Å². The minimum absolute atomic E-state index is 0.0196. The smallest absolute Gasteiger partial charge is 0.377 e. The van der Waals surface area contributed by atoms with E-state index in [1.807, 2.05) is 12.3 Å². The number of pyridine rings is 2. The molecule has 40 heavy (non-hydrogen) atoms. The number of aromatic amines is 2. The zero-order valence-electron chi connectivity index (χ0n) is 26.2. The average Bonchev–Trinajstić information content (AvgIpc) is 3.80. The Bertz CT molecular complexity index is 1970. The van der Waals surface area contributed by atoms with Crippen molar-refractivity contribution in [2.24, 2.45) is 9.98 Å². The number of aliphatic imine (C=N–C) groups is 2. The van der Waals surface area contributed by atoms with E-state index in [9.17, 15) is 9.59 Å². The van der Waals surface area contributed by atoms with Crippen molar-refractivity contribution >= 4 is 61.5 Å². The number of H-pyrrole nitrogens is 2. The van der Waals surface area contributed by atoms with Crippen LogP contribution in [0.1, 0.15) is 29.9 Å². The third kappa shape index (κ3) is 5.88. The number of rotatable bonds is 5. The van der Waals surface area contributed by atoms with Crippen molar-refractivity contribution in [1.82, 2.24) is 34.7 Å². The number of carboxylic acids is 1. The predicted octanol–water partition coefficient (Wildman–Crippen LogP) is 3.55. The van der Waals surface area contributed by atoms with Crippen LogP contribution in [-0.2, 0) is 4.79 Å². The highest BCUT2D eigenvalue weighted by Gasteiger charge is 2.24. The van der Waals surface area contributed by atoms with E-state index in [1.165, 1.54) is 24.2 Å². The Morgan fingerprint density at radius 3 is 2.52 bits per heavy atom. The number of ketones is 1. The lowest BCUT2D eigenvalue weighted by Crippen LogP contribution is -2.12. The molecule has 0 bridgehead atoms. The second-order valence-electron chi connectivity index (χ2n) is 7.70. The van der Waals surface area contributed by atoms with Crippen LogP contribution < -0.4 is 9.47 Å². The second kappa shape index (κ2) is 12.3. The largest absolute Gasteiger partial charge is 0.494 e. The Labute approximate surface area is 242 Å². The van der Waals surface area contributed by atoms with Crippen LogP contribution in [0.15, 0.2) is 51.7 Å². The van der Waals surface area contributed by atoms with Gasteiger partial charge in [-0.15, -0.1) is 0 Å². The van der Waals surface area contributed by atoms with Crippen LogP contribution >= 0.6 is 15.9 Å². The molecule has 0 unspecified atom stereocenters. The molecule has 5 aromatic rings. The summed E-state index contributed by atoms with van der Waals surface area (Å²) in [7, 11) is 3.02. The van der Waals surface area contributed by atoms with Gasteiger partial charge in [0.15, 0.2) is 5.82 Å². The summed E-state index contributed by atoms with van der Waals surface area (Å²) in [5.41, 5.74) is 1.23. The number of methoxy groups -OCH3 is 2. The normalized spacial score (nSPS) is 14.2. The Hall–Kier alpha value is -4.92. The van der Waals surface area contributed by atoms with E-state index in [4.69, 9.17) is 21.4 Å². The molecule has 1 aliphatic heterocycles. The van der Waals surface area contributed by atoms with E-state index < -0.39 is 18.6 Å². The number of halogens is 1. The fourth-order valence-corrected chi connectivity index (χ4v) is 3.96. The first-order valence-electron chi connectivity index (χ1n) is 13.7. The second-order valence-corrected chi connectivity index (χ2v) is 8.45. The van der Waals surface area contributed by atoms with Gasteiger partial charge in [0.1, 0.15) is 35.4 Å². The predicted molar refractivity (Wildman–Crippen MR) is 151 cm³/mol. The monoisotopic (exact) mass is 614 g/mol. The molecule has 0 fully saturated rings. The van der Waals surface area contributed by atoms with Gasteiger partial charge in [-0.05, 0) is 35.8 Å². The highest BCUT2D eigenvalue weighted by atomic mass is 79.9. The number of amidine groups is 1. The van der Waals surface area contributed by atoms with Crippen molar-refractivity contribution in [1.29, 1.82) is 0 Å². The Morgan fingerprint density at radius 1 is 1.15 bits per heavy atom. The number of fused-ring (bicyclic) bond motifs is 2. The molecule has 0 atom stereocenters. The van der Waals surface area contributed by atoms with Crippen LogP contribution in [0.2, 0.25) is 0 Å². The minimum Gasteiger partial charge on any atom is -0.494 e. The van der Waals surface area contributed by atoms with Crippen LogP contribution in [-0.4, -0.2) is 84.4 Å². The zero-order valence-corrected chi connectivity index (χ0v) is 22.8. The first kappa shape index (κ1) is 22.0. The number of carbonyl (C=O) groups excluding carboxylic acids is 1. The molecule has 0 spiro atoms. The maximum absolute atomic E-state index is 11.8. The molecule has 15 heteroatoms. The average molecular weight is 615 g/mol. The third-order valence-electron chi connectivity index (χ3n) is 5.28. The molecule has 0 radical (unpaired) electrons. The highest BCUT2D eigenvalue weighted by molar-refractivity contribution is 9.10. The van der Waals surface area contributed by atoms with E-state index >= 15 is 0 Å². The van der Waals surface area contributed by atoms with E-state index in [0.29, 0.717) is 11.3 Å². The molecule has 1 aliphatic rings. The number of nitrogens with zero attached hydrogens (tertiary/aromatic N) is 7. The highest BCUT2D eigenvalue weighted by Crippen LogP contribution is 2.31. The lowest BCUT2D eigenvalue weighted by molar-refractivity contribution is -0.131. The number of aliphatic carboxylic acids is 1. The Balaban J connectivity index is 0.000000174. The van der Waals surface area contributed by atoms with Gasteiger partial charge in [-0.1, -0.05) is 0 Å². The summed E-state index contributed by atoms with van der Waals surface area (Å²) < 4.78 is 47.5. The van der Waals surface area contributed by atoms with E-state index in [1.54, 1.807) is 20.2 Å². The molecular formula is C25H24BrN9O5. The van der Waals surface area contributed by atoms with Crippen molar-refractivity contribution < 1.29 is 31.0 Å². The molecule has 6 rings (SSSR count). The SMILES string of the molecule is COc1cnc(Br)c2[nH]ccc12.[2H]C1=NC(C([2H])([2H])[2H])=NC1.[2H]c1nc(C)nn1-c1ncc(OC)c2c(C(=O)C(=O)O)c[nH]c12. The number of hydrogen-bond donors (Lipinski definition) is 3. The van der Waals surface area contributed by atoms with Gasteiger partial charge in [0, 0.05) is 28.1 Å². The number of ether oxygens (including phenoxy) is 2. The fourth-order valence-electron chi connectivity index (χ4n) is 3.53. The lowest BCUT2D eigenvalue weighted by atomic mass is 10.1. The van der Waals surface area contributed by atoms with Crippen molar-refractivity contribution in [2.45, 2.75) is 13.8 Å². The van der Waals surface area contributed by atoms with Crippen LogP contribution in [0.25, 0.3) is 27.6 Å². The van der Waals surface area contributed by atoms with Crippen LogP contribution in [0.5, 0.6) is 11.5 Å². The van der Waals surface area contributed by atoms with E-state index in [2.05, 4.69) is 55.9 Å². The quantitative estimate of drug-likeness (QED) is 0.151. The summed E-state index contributed by atoms with van der Waals surface area (Å²) in [6.07, 6.45) is 6.04. The Morgan fingerprint density at radius 2 is 1.93 bits per heavy atom. The zero-order chi connectivity index (χ0) is 33.1. The Kier molecular flexibility index (Phi) is 6.75. The number of aryl methyl sites for hydroxylation is 1. The van der Waals surface area contributed by atoms with Gasteiger partial charge >= 0.3 is 5.97 Å². The first-order chi connectivity index (χ1) is 21.3. The number of carboxylic acid groups (broad SMARTS) is 1. The van der Waals surface area contributed by atoms with Gasteiger partial charge in [0.2, 0.25) is 0 Å². The third-order valence-corrected chi connectivity index (χ3v) is 5.88. The molecule has 0 aromatic carbocycles. The van der Waals surface area contributed by atoms with E-state index in [0.717, 1.165) is 21.3 Å². The number of hydrogen-bond acceptors (Lipinski definition) is 10. The van der Waals surface area contributed by atoms with Gasteiger partial charge in [0.05, 0.1) is 56.5 Å². The van der Waals surface area contributed by atoms with Crippen molar-refractivity contribution in [3.05, 3.63) is 53.1 Å². The van der Waals surface area contributed by atoms with Gasteiger partial charge in [-0.25, -0.2) is 29.4 Å². The van der Waals surface area contributed by atoms with Gasteiger partial charge in [0.25, 0.3) is 5.78 Å². The molecule has 3 N–H and O–H groups in total. The molecule has 206 valence electrons. The van der Waals surface area contributed by atoms with Crippen molar-refractivity contribution in [3.63, 3.8) is 0 Å². The summed E-state index contributed by atoms with van der Waals surface area (Å²) >= 11 is 3.34. The lowest BCUT2D eigenvalue weighted by Gasteiger charge is -2.06. The number of Topliss-reactive ketones (excluding diaryl/α,β-unsaturated/α-hetero) is 1. The maximum Gasteiger partial charge on any atom is 0.377 e. The van der Waals surface area contributed by atoms with Crippen LogP contribution in [0.3, 0.4) is 0 Å². The summed E-state index contributed by atoms with van der Waals surface area (Å²) in [6.45, 7) is -0.514. The van der Waals surface area contributed by atoms with Gasteiger partial charge < -0.3 is 24.5 Å². The molecule has 0 amide bonds. The molecule has 0 aliphatic carbocycles. The van der Waals surface area contributed by atoms with Gasteiger partial charge in [-0.2, -0.15) is 5.10 Å². The molecule has 0 saturated carbocycles. The number of nitrogens with one attached hydrogen (secondary N) is 2. The maximum atomic E-state index is 11.8. The van der Waals surface area contributed by atoms with E-state index in [-0.39, 0.29) is 47.4 Å². The first-order valence-corrected chi connectivity index (χ1v) is 12.0. The number of aromatic nitrogens is 7. The standard InChI is InChI=1S/C13H11N5O4.C8H7BrN2O.C4H6N2/c1-6-16-5-18(17-6)12-10-9(8(22-2)4-15-12)7(3-14-10)11(19)13(20)21;1-12-6-4-11-8(9)7-5(6)2-3-10-7;1-4-5-2-3-6-4/h3-5,14H,1-2H3,(H,20,21);2-4,10H,1H3;2H,3H2,1H3/i5D;;1D3,2D. The molecular weight excluding hydrogens is 586 g/mol. The minimum atomic E-state index is -2.25. The van der Waals surface area contributed by atoms with Gasteiger partial charge in [-0.3, -0.25) is 9.79 Å². The molecule has 5 aromatic heterocycles. The van der Waals surface area contributed by atoms with Crippen molar-refractivity contribution in [2.75, 3.05) is 20.8 Å². The van der Waals surface area contributed by atoms with Crippen LogP contribution in [0.4, 0.5) is 0 Å².